The Kier molecular flexibility index (Phi) is 5.29. The Morgan fingerprint density at radius 2 is 1.75 bits per heavy atom. The molecule has 1 N–H and O–H groups in total. The second-order valence-corrected chi connectivity index (χ2v) is 7.48. The fraction of sp³-hybridized carbons (Fsp3) is 0.286. The number of rotatable bonds is 6. The van der Waals surface area contributed by atoms with Crippen molar-refractivity contribution in [2.45, 2.75) is 16.8 Å². The highest BCUT2D eigenvalue weighted by atomic mass is 32.2. The number of alkyl halides is 3. The highest BCUT2D eigenvalue weighted by molar-refractivity contribution is 7.94. The maximum Gasteiger partial charge on any atom is 0.393 e. The lowest BCUT2D eigenvalue weighted by molar-refractivity contribution is -0.127. The van der Waals surface area contributed by atoms with E-state index in [-0.39, 0.29) is 27.0 Å². The van der Waals surface area contributed by atoms with Crippen LogP contribution in [0.1, 0.15) is 5.56 Å². The Hall–Kier alpha value is -1.94. The van der Waals surface area contributed by atoms with Gasteiger partial charge in [-0.2, -0.15) is 13.2 Å². The Labute approximate surface area is 141 Å². The quantitative estimate of drug-likeness (QED) is 0.829. The van der Waals surface area contributed by atoms with Crippen LogP contribution in [-0.2, 0) is 16.4 Å². The van der Waals surface area contributed by atoms with Crippen molar-refractivity contribution in [3.05, 3.63) is 35.2 Å². The summed E-state index contributed by atoms with van der Waals surface area (Å²) in [5.74, 6) is 0.354. The summed E-state index contributed by atoms with van der Waals surface area (Å²) in [6, 6.07) is 4.99. The van der Waals surface area contributed by atoms with E-state index in [1.54, 1.807) is 0 Å². The first-order chi connectivity index (χ1) is 11.2. The van der Waals surface area contributed by atoms with Gasteiger partial charge in [0.25, 0.3) is 10.0 Å². The number of anilines is 1. The normalized spacial score (nSPS) is 12.0. The van der Waals surface area contributed by atoms with Crippen molar-refractivity contribution >= 4 is 27.0 Å². The minimum absolute atomic E-state index is 0.0424. The van der Waals surface area contributed by atoms with Gasteiger partial charge >= 0.3 is 6.18 Å². The van der Waals surface area contributed by atoms with Crippen molar-refractivity contribution in [1.82, 2.24) is 0 Å². The molecule has 1 heterocycles. The van der Waals surface area contributed by atoms with Crippen LogP contribution in [0.4, 0.5) is 18.9 Å². The maximum absolute atomic E-state index is 12.4. The topological polar surface area (TPSA) is 64.6 Å². The third kappa shape index (κ3) is 4.32. The third-order valence-corrected chi connectivity index (χ3v) is 5.82. The van der Waals surface area contributed by atoms with Crippen LogP contribution >= 0.6 is 11.3 Å². The van der Waals surface area contributed by atoms with Gasteiger partial charge in [0.2, 0.25) is 0 Å². The average Bonchev–Trinajstić information content (AvgIpc) is 2.91. The molecule has 2 aromatic rings. The van der Waals surface area contributed by atoms with E-state index in [9.17, 15) is 21.6 Å². The van der Waals surface area contributed by atoms with E-state index in [0.717, 1.165) is 11.3 Å². The molecule has 24 heavy (non-hydrogen) atoms. The molecule has 1 aromatic carbocycles. The first-order valence-electron chi connectivity index (χ1n) is 6.54. The molecule has 0 spiro atoms. The van der Waals surface area contributed by atoms with Gasteiger partial charge in [-0.3, -0.25) is 4.72 Å². The third-order valence-electron chi connectivity index (χ3n) is 2.96. The molecule has 0 unspecified atom stereocenters. The summed E-state index contributed by atoms with van der Waals surface area (Å²) in [4.78, 5) is 0. The van der Waals surface area contributed by atoms with Crippen molar-refractivity contribution in [2.75, 3.05) is 18.9 Å². The lowest BCUT2D eigenvalue weighted by atomic mass is 10.1. The minimum atomic E-state index is -4.32. The van der Waals surface area contributed by atoms with Gasteiger partial charge in [0.05, 0.1) is 20.6 Å². The maximum atomic E-state index is 12.4. The summed E-state index contributed by atoms with van der Waals surface area (Å²) < 4.78 is 74.0. The highest BCUT2D eigenvalue weighted by Gasteiger charge is 2.28. The van der Waals surface area contributed by atoms with Gasteiger partial charge < -0.3 is 9.47 Å². The van der Waals surface area contributed by atoms with Gasteiger partial charge in [-0.25, -0.2) is 8.42 Å². The van der Waals surface area contributed by atoms with Crippen LogP contribution in [-0.4, -0.2) is 28.8 Å². The molecule has 0 saturated carbocycles. The Bertz CT molecular complexity index is 798. The SMILES string of the molecule is COc1csc(S(=O)(=O)Nc2ccc(CC(F)(F)F)cc2)c1OC. The van der Waals surface area contributed by atoms with E-state index in [1.807, 2.05) is 0 Å². The molecule has 132 valence electrons. The molecule has 0 fully saturated rings. The first-order valence-corrected chi connectivity index (χ1v) is 8.90. The largest absolute Gasteiger partial charge is 0.492 e. The van der Waals surface area contributed by atoms with Crippen molar-refractivity contribution in [2.24, 2.45) is 0 Å². The standard InChI is InChI=1S/C14H14F3NO4S2/c1-21-11-8-23-13(12(11)22-2)24(19,20)18-10-5-3-9(4-6-10)7-14(15,16)17/h3-6,8,18H,7H2,1-2H3. The molecule has 0 aliphatic carbocycles. The number of ether oxygens (including phenoxy) is 2. The van der Waals surface area contributed by atoms with Crippen LogP contribution in [0, 0.1) is 0 Å². The zero-order chi connectivity index (χ0) is 18.0. The summed E-state index contributed by atoms with van der Waals surface area (Å²) in [5.41, 5.74) is 0.191. The second kappa shape index (κ2) is 6.89. The minimum Gasteiger partial charge on any atom is -0.492 e. The molecule has 10 heteroatoms. The number of benzene rings is 1. The van der Waals surface area contributed by atoms with E-state index in [1.165, 1.54) is 43.9 Å². The van der Waals surface area contributed by atoms with Crippen LogP contribution in [0.5, 0.6) is 11.5 Å². The molecule has 1 aromatic heterocycles. The molecule has 0 aliphatic rings. The van der Waals surface area contributed by atoms with E-state index in [2.05, 4.69) is 4.72 Å². The Morgan fingerprint density at radius 3 is 2.25 bits per heavy atom. The first kappa shape index (κ1) is 18.4. The molecule has 0 atom stereocenters. The molecule has 0 saturated heterocycles. The van der Waals surface area contributed by atoms with Crippen LogP contribution in [0.3, 0.4) is 0 Å². The van der Waals surface area contributed by atoms with Gasteiger partial charge in [-0.15, -0.1) is 11.3 Å². The molecule has 0 aliphatic heterocycles. The molecule has 2 rings (SSSR count). The molecular formula is C14H14F3NO4S2. The smallest absolute Gasteiger partial charge is 0.393 e. The van der Waals surface area contributed by atoms with Crippen LogP contribution < -0.4 is 14.2 Å². The molecule has 0 bridgehead atoms. The van der Waals surface area contributed by atoms with E-state index in [0.29, 0.717) is 0 Å². The number of sulfonamides is 1. The zero-order valence-corrected chi connectivity index (χ0v) is 14.3. The Morgan fingerprint density at radius 1 is 1.12 bits per heavy atom. The molecule has 0 amide bonds. The predicted octanol–water partition coefficient (Wildman–Crippen LogP) is 3.67. The van der Waals surface area contributed by atoms with Crippen molar-refractivity contribution in [3.8, 4) is 11.5 Å². The fourth-order valence-corrected chi connectivity index (χ4v) is 4.40. The summed E-state index contributed by atoms with van der Waals surface area (Å²) in [5, 5.41) is 1.49. The summed E-state index contributed by atoms with van der Waals surface area (Å²) in [7, 11) is -1.25. The number of nitrogens with one attached hydrogen (secondary N) is 1. The van der Waals surface area contributed by atoms with Gasteiger partial charge in [-0.05, 0) is 17.7 Å². The average molecular weight is 381 g/mol. The monoisotopic (exact) mass is 381 g/mol. The van der Waals surface area contributed by atoms with Crippen LogP contribution in [0.25, 0.3) is 0 Å². The lowest BCUT2D eigenvalue weighted by Crippen LogP contribution is -2.13. The highest BCUT2D eigenvalue weighted by Crippen LogP contribution is 2.40. The lowest BCUT2D eigenvalue weighted by Gasteiger charge is -2.10. The number of halogens is 3. The molecular weight excluding hydrogens is 367 g/mol. The number of hydrogen-bond acceptors (Lipinski definition) is 5. The number of thiophene rings is 1. The fourth-order valence-electron chi connectivity index (χ4n) is 1.95. The van der Waals surface area contributed by atoms with E-state index >= 15 is 0 Å². The number of hydrogen-bond donors (Lipinski definition) is 1. The Balaban J connectivity index is 2.22. The van der Waals surface area contributed by atoms with Gasteiger partial charge in [0.15, 0.2) is 15.7 Å². The van der Waals surface area contributed by atoms with Gasteiger partial charge in [0.1, 0.15) is 0 Å². The predicted molar refractivity (Wildman–Crippen MR) is 84.4 cm³/mol. The van der Waals surface area contributed by atoms with E-state index in [4.69, 9.17) is 9.47 Å². The van der Waals surface area contributed by atoms with Gasteiger partial charge in [0, 0.05) is 11.1 Å². The van der Waals surface area contributed by atoms with Crippen molar-refractivity contribution in [3.63, 3.8) is 0 Å². The second-order valence-electron chi connectivity index (χ2n) is 4.72. The summed E-state index contributed by atoms with van der Waals surface area (Å²) in [6.07, 6.45) is -5.39. The molecule has 0 radical (unpaired) electrons. The van der Waals surface area contributed by atoms with Crippen molar-refractivity contribution < 1.29 is 31.1 Å². The van der Waals surface area contributed by atoms with E-state index < -0.39 is 22.6 Å². The summed E-state index contributed by atoms with van der Waals surface area (Å²) in [6.45, 7) is 0. The van der Waals surface area contributed by atoms with Crippen LogP contribution in [0.15, 0.2) is 33.9 Å². The van der Waals surface area contributed by atoms with Crippen LogP contribution in [0.2, 0.25) is 0 Å². The number of methoxy groups -OCH3 is 2. The summed E-state index contributed by atoms with van der Waals surface area (Å²) >= 11 is 0.913. The van der Waals surface area contributed by atoms with Gasteiger partial charge in [-0.1, -0.05) is 12.1 Å². The zero-order valence-electron chi connectivity index (χ0n) is 12.7. The van der Waals surface area contributed by atoms with Crippen molar-refractivity contribution in [1.29, 1.82) is 0 Å². The molecule has 5 nitrogen and oxygen atoms in total.